The minimum atomic E-state index is -3.58. The number of sulfonamides is 1. The summed E-state index contributed by atoms with van der Waals surface area (Å²) in [5, 5.41) is 2.82. The lowest BCUT2D eigenvalue weighted by molar-refractivity contribution is -0.116. The van der Waals surface area contributed by atoms with E-state index in [-0.39, 0.29) is 25.0 Å². The summed E-state index contributed by atoms with van der Waals surface area (Å²) >= 11 is 0. The van der Waals surface area contributed by atoms with Crippen LogP contribution in [0.15, 0.2) is 48.5 Å². The van der Waals surface area contributed by atoms with E-state index < -0.39 is 10.0 Å². The summed E-state index contributed by atoms with van der Waals surface area (Å²) in [7, 11) is -3.58. The highest BCUT2D eigenvalue weighted by atomic mass is 32.2. The van der Waals surface area contributed by atoms with Gasteiger partial charge in [0, 0.05) is 18.7 Å². The maximum atomic E-state index is 12.3. The summed E-state index contributed by atoms with van der Waals surface area (Å²) in [5.74, 6) is 0.220. The molecule has 0 spiro atoms. The highest BCUT2D eigenvalue weighted by molar-refractivity contribution is 7.92. The molecule has 0 radical (unpaired) electrons. The minimum absolute atomic E-state index is 0.0228. The largest absolute Gasteiger partial charge is 0.489 e. The Kier molecular flexibility index (Phi) is 6.85. The molecule has 0 heterocycles. The molecule has 0 fully saturated rings. The second kappa shape index (κ2) is 8.90. The molecule has 6 nitrogen and oxygen atoms in total. The Morgan fingerprint density at radius 2 is 1.74 bits per heavy atom. The Morgan fingerprint density at radius 1 is 1.11 bits per heavy atom. The van der Waals surface area contributed by atoms with Crippen molar-refractivity contribution >= 4 is 27.3 Å². The van der Waals surface area contributed by atoms with E-state index in [1.807, 2.05) is 45.0 Å². The van der Waals surface area contributed by atoms with E-state index in [0.29, 0.717) is 11.4 Å². The SMILES string of the molecule is Cc1ccccc1NC(=O)CCN(c1ccccc1OC(C)C)S(C)(=O)=O. The lowest BCUT2D eigenvalue weighted by Crippen LogP contribution is -2.33. The number of hydrogen-bond acceptors (Lipinski definition) is 4. The number of carbonyl (C=O) groups is 1. The van der Waals surface area contributed by atoms with Crippen LogP contribution in [0, 0.1) is 6.92 Å². The smallest absolute Gasteiger partial charge is 0.232 e. The van der Waals surface area contributed by atoms with Crippen LogP contribution in [0.1, 0.15) is 25.8 Å². The van der Waals surface area contributed by atoms with Gasteiger partial charge in [-0.2, -0.15) is 0 Å². The molecule has 0 atom stereocenters. The quantitative estimate of drug-likeness (QED) is 0.748. The number of carbonyl (C=O) groups excluding carboxylic acids is 1. The Balaban J connectivity index is 2.17. The predicted molar refractivity (Wildman–Crippen MR) is 109 cm³/mol. The standard InChI is InChI=1S/C20H26N2O4S/c1-15(2)26-19-12-8-7-11-18(19)22(27(4,24)25)14-13-20(23)21-17-10-6-5-9-16(17)3/h5-12,15H,13-14H2,1-4H3,(H,21,23). The zero-order chi connectivity index (χ0) is 20.0. The zero-order valence-corrected chi connectivity index (χ0v) is 16.9. The molecule has 0 bridgehead atoms. The number of aryl methyl sites for hydroxylation is 1. The maximum Gasteiger partial charge on any atom is 0.232 e. The first-order valence-corrected chi connectivity index (χ1v) is 10.6. The first kappa shape index (κ1) is 20.8. The van der Waals surface area contributed by atoms with Gasteiger partial charge in [0.05, 0.1) is 18.0 Å². The molecule has 1 amide bonds. The average molecular weight is 391 g/mol. The fourth-order valence-electron chi connectivity index (χ4n) is 2.61. The maximum absolute atomic E-state index is 12.3. The predicted octanol–water partition coefficient (Wildman–Crippen LogP) is 3.58. The summed E-state index contributed by atoms with van der Waals surface area (Å²) in [6.07, 6.45) is 1.05. The van der Waals surface area contributed by atoms with Crippen LogP contribution in [0.2, 0.25) is 0 Å². The van der Waals surface area contributed by atoms with Crippen LogP contribution in [0.4, 0.5) is 11.4 Å². The molecular weight excluding hydrogens is 364 g/mol. The van der Waals surface area contributed by atoms with Crippen LogP contribution >= 0.6 is 0 Å². The number of ether oxygens (including phenoxy) is 1. The molecule has 2 aromatic carbocycles. The molecule has 2 aromatic rings. The van der Waals surface area contributed by atoms with Gasteiger partial charge in [-0.15, -0.1) is 0 Å². The number of para-hydroxylation sites is 3. The molecule has 7 heteroatoms. The topological polar surface area (TPSA) is 75.7 Å². The van der Waals surface area contributed by atoms with Gasteiger partial charge in [0.25, 0.3) is 0 Å². The molecular formula is C20H26N2O4S. The van der Waals surface area contributed by atoms with E-state index in [1.54, 1.807) is 24.3 Å². The van der Waals surface area contributed by atoms with Crippen molar-refractivity contribution in [2.75, 3.05) is 22.4 Å². The third kappa shape index (κ3) is 5.99. The molecule has 0 unspecified atom stereocenters. The van der Waals surface area contributed by atoms with Gasteiger partial charge in [-0.3, -0.25) is 9.10 Å². The van der Waals surface area contributed by atoms with Crippen molar-refractivity contribution in [3.05, 3.63) is 54.1 Å². The third-order valence-electron chi connectivity index (χ3n) is 3.86. The van der Waals surface area contributed by atoms with E-state index in [9.17, 15) is 13.2 Å². The van der Waals surface area contributed by atoms with Crippen molar-refractivity contribution in [2.45, 2.75) is 33.3 Å². The van der Waals surface area contributed by atoms with Crippen LogP contribution in [0.5, 0.6) is 5.75 Å². The summed E-state index contributed by atoms with van der Waals surface area (Å²) in [6, 6.07) is 14.4. The lowest BCUT2D eigenvalue weighted by atomic mass is 10.2. The summed E-state index contributed by atoms with van der Waals surface area (Å²) in [6.45, 7) is 5.67. The number of benzene rings is 2. The molecule has 2 rings (SSSR count). The number of amides is 1. The van der Waals surface area contributed by atoms with E-state index in [4.69, 9.17) is 4.74 Å². The molecule has 0 saturated carbocycles. The summed E-state index contributed by atoms with van der Waals surface area (Å²) in [5.41, 5.74) is 2.09. The van der Waals surface area contributed by atoms with E-state index in [0.717, 1.165) is 17.5 Å². The number of anilines is 2. The van der Waals surface area contributed by atoms with Crippen LogP contribution in [0.3, 0.4) is 0 Å². The molecule has 0 aromatic heterocycles. The molecule has 0 aliphatic rings. The van der Waals surface area contributed by atoms with Gasteiger partial charge < -0.3 is 10.1 Å². The van der Waals surface area contributed by atoms with Gasteiger partial charge in [0.1, 0.15) is 5.75 Å². The second-order valence-corrected chi connectivity index (χ2v) is 8.49. The summed E-state index contributed by atoms with van der Waals surface area (Å²) < 4.78 is 31.6. The number of nitrogens with one attached hydrogen (secondary N) is 1. The zero-order valence-electron chi connectivity index (χ0n) is 16.1. The monoisotopic (exact) mass is 390 g/mol. The Bertz CT molecular complexity index is 894. The van der Waals surface area contributed by atoms with Crippen LogP contribution in [0.25, 0.3) is 0 Å². The van der Waals surface area contributed by atoms with Crippen LogP contribution in [-0.2, 0) is 14.8 Å². The van der Waals surface area contributed by atoms with E-state index >= 15 is 0 Å². The lowest BCUT2D eigenvalue weighted by Gasteiger charge is -2.25. The van der Waals surface area contributed by atoms with Crippen molar-refractivity contribution in [2.24, 2.45) is 0 Å². The normalized spacial score (nSPS) is 11.3. The third-order valence-corrected chi connectivity index (χ3v) is 5.04. The van der Waals surface area contributed by atoms with Gasteiger partial charge in [-0.1, -0.05) is 30.3 Å². The van der Waals surface area contributed by atoms with E-state index in [1.165, 1.54) is 4.31 Å². The minimum Gasteiger partial charge on any atom is -0.489 e. The number of hydrogen-bond donors (Lipinski definition) is 1. The average Bonchev–Trinajstić information content (AvgIpc) is 2.57. The van der Waals surface area contributed by atoms with E-state index in [2.05, 4.69) is 5.32 Å². The Hall–Kier alpha value is -2.54. The first-order valence-electron chi connectivity index (χ1n) is 8.77. The highest BCUT2D eigenvalue weighted by Crippen LogP contribution is 2.30. The van der Waals surface area contributed by atoms with Crippen molar-refractivity contribution in [1.29, 1.82) is 0 Å². The van der Waals surface area contributed by atoms with Gasteiger partial charge in [0.2, 0.25) is 15.9 Å². The summed E-state index contributed by atoms with van der Waals surface area (Å²) in [4.78, 5) is 12.3. The van der Waals surface area contributed by atoms with Gasteiger partial charge >= 0.3 is 0 Å². The fraction of sp³-hybridized carbons (Fsp3) is 0.350. The first-order chi connectivity index (χ1) is 12.7. The molecule has 27 heavy (non-hydrogen) atoms. The van der Waals surface area contributed by atoms with Crippen LogP contribution < -0.4 is 14.4 Å². The van der Waals surface area contributed by atoms with Crippen molar-refractivity contribution in [3.63, 3.8) is 0 Å². The molecule has 0 aliphatic carbocycles. The molecule has 146 valence electrons. The van der Waals surface area contributed by atoms with Crippen molar-refractivity contribution < 1.29 is 17.9 Å². The second-order valence-electron chi connectivity index (χ2n) is 6.58. The molecule has 1 N–H and O–H groups in total. The highest BCUT2D eigenvalue weighted by Gasteiger charge is 2.22. The molecule has 0 aliphatic heterocycles. The van der Waals surface area contributed by atoms with Gasteiger partial charge in [-0.05, 0) is 44.5 Å². The Labute approximate surface area is 161 Å². The fourth-order valence-corrected chi connectivity index (χ4v) is 3.54. The Morgan fingerprint density at radius 3 is 2.37 bits per heavy atom. The molecule has 0 saturated heterocycles. The van der Waals surface area contributed by atoms with Crippen molar-refractivity contribution in [1.82, 2.24) is 0 Å². The number of nitrogens with zero attached hydrogens (tertiary/aromatic N) is 1. The van der Waals surface area contributed by atoms with Crippen LogP contribution in [-0.4, -0.2) is 33.2 Å². The van der Waals surface area contributed by atoms with Gasteiger partial charge in [0.15, 0.2) is 0 Å². The van der Waals surface area contributed by atoms with Crippen molar-refractivity contribution in [3.8, 4) is 5.75 Å². The number of rotatable bonds is 8. The van der Waals surface area contributed by atoms with Gasteiger partial charge in [-0.25, -0.2) is 8.42 Å².